The zero-order valence-electron chi connectivity index (χ0n) is 11.9. The van der Waals surface area contributed by atoms with Crippen molar-refractivity contribution in [3.63, 3.8) is 0 Å². The lowest BCUT2D eigenvalue weighted by atomic mass is 10.1. The zero-order valence-corrected chi connectivity index (χ0v) is 12.7. The van der Waals surface area contributed by atoms with Crippen LogP contribution in [0.4, 0.5) is 5.69 Å². The van der Waals surface area contributed by atoms with Gasteiger partial charge in [-0.2, -0.15) is 0 Å². The third-order valence-electron chi connectivity index (χ3n) is 3.38. The zero-order chi connectivity index (χ0) is 15.0. The van der Waals surface area contributed by atoms with Gasteiger partial charge in [-0.05, 0) is 44.2 Å². The Bertz CT molecular complexity index is 785. The molecular formula is C17H16ClN3. The molecule has 3 rings (SSSR count). The van der Waals surface area contributed by atoms with E-state index in [4.69, 9.17) is 17.3 Å². The number of nitrogens with two attached hydrogens (primary N) is 1. The molecule has 3 N–H and O–H groups in total. The van der Waals surface area contributed by atoms with E-state index in [-0.39, 0.29) is 0 Å². The fourth-order valence-electron chi connectivity index (χ4n) is 2.47. The first-order chi connectivity index (χ1) is 10.0. The number of hydrogen-bond donors (Lipinski definition) is 2. The van der Waals surface area contributed by atoms with Gasteiger partial charge in [-0.25, -0.2) is 4.98 Å². The van der Waals surface area contributed by atoms with Gasteiger partial charge in [0.2, 0.25) is 0 Å². The normalized spacial score (nSPS) is 10.8. The number of aryl methyl sites for hydroxylation is 2. The van der Waals surface area contributed by atoms with E-state index in [0.717, 1.165) is 22.6 Å². The molecule has 0 fully saturated rings. The predicted octanol–water partition coefficient (Wildman–Crippen LogP) is 4.60. The minimum Gasteiger partial charge on any atom is -0.398 e. The van der Waals surface area contributed by atoms with Crippen LogP contribution in [0.25, 0.3) is 22.6 Å². The maximum absolute atomic E-state index is 6.03. The van der Waals surface area contributed by atoms with Crippen molar-refractivity contribution in [1.29, 1.82) is 0 Å². The molecule has 1 heterocycles. The van der Waals surface area contributed by atoms with Crippen LogP contribution >= 0.6 is 11.6 Å². The quantitative estimate of drug-likeness (QED) is 0.679. The minimum atomic E-state index is 0.642. The highest BCUT2D eigenvalue weighted by atomic mass is 35.5. The summed E-state index contributed by atoms with van der Waals surface area (Å²) >= 11 is 6.03. The summed E-state index contributed by atoms with van der Waals surface area (Å²) in [4.78, 5) is 7.75. The van der Waals surface area contributed by atoms with Gasteiger partial charge in [0.15, 0.2) is 0 Å². The molecule has 0 aliphatic heterocycles. The first kappa shape index (κ1) is 13.7. The number of nitrogens with one attached hydrogen (secondary N) is 1. The number of halogens is 1. The van der Waals surface area contributed by atoms with Gasteiger partial charge < -0.3 is 10.7 Å². The number of nitrogen functional groups attached to an aromatic ring is 1. The summed E-state index contributed by atoms with van der Waals surface area (Å²) in [6, 6.07) is 11.8. The maximum atomic E-state index is 6.03. The van der Waals surface area contributed by atoms with Gasteiger partial charge in [0, 0.05) is 21.8 Å². The Morgan fingerprint density at radius 1 is 1.05 bits per heavy atom. The molecule has 0 unspecified atom stereocenters. The number of aromatic amines is 1. The second-order valence-corrected chi connectivity index (χ2v) is 5.69. The van der Waals surface area contributed by atoms with Crippen LogP contribution < -0.4 is 5.73 Å². The van der Waals surface area contributed by atoms with Crippen molar-refractivity contribution in [3.8, 4) is 22.6 Å². The van der Waals surface area contributed by atoms with Gasteiger partial charge in [-0.3, -0.25) is 0 Å². The van der Waals surface area contributed by atoms with Crippen LogP contribution in [0.5, 0.6) is 0 Å². The third kappa shape index (κ3) is 2.78. The first-order valence-electron chi connectivity index (χ1n) is 6.72. The summed E-state index contributed by atoms with van der Waals surface area (Å²) in [6.45, 7) is 4.17. The van der Waals surface area contributed by atoms with Crippen LogP contribution in [0.15, 0.2) is 42.6 Å². The van der Waals surface area contributed by atoms with E-state index in [0.29, 0.717) is 10.7 Å². The molecule has 4 heteroatoms. The lowest BCUT2D eigenvalue weighted by Crippen LogP contribution is -1.91. The molecule has 21 heavy (non-hydrogen) atoms. The Kier molecular flexibility index (Phi) is 3.43. The van der Waals surface area contributed by atoms with Gasteiger partial charge in [-0.15, -0.1) is 0 Å². The van der Waals surface area contributed by atoms with Crippen LogP contribution in [-0.4, -0.2) is 9.97 Å². The number of anilines is 1. The predicted molar refractivity (Wildman–Crippen MR) is 88.4 cm³/mol. The Morgan fingerprint density at radius 3 is 2.48 bits per heavy atom. The summed E-state index contributed by atoms with van der Waals surface area (Å²) in [5, 5.41) is 0.642. The van der Waals surface area contributed by atoms with Crippen molar-refractivity contribution in [2.24, 2.45) is 0 Å². The van der Waals surface area contributed by atoms with Crippen molar-refractivity contribution in [3.05, 3.63) is 58.7 Å². The molecule has 2 aromatic carbocycles. The van der Waals surface area contributed by atoms with E-state index in [1.54, 1.807) is 12.1 Å². The van der Waals surface area contributed by atoms with Crippen LogP contribution in [0.1, 0.15) is 11.1 Å². The molecule has 106 valence electrons. The van der Waals surface area contributed by atoms with Gasteiger partial charge in [-0.1, -0.05) is 28.8 Å². The molecule has 0 bridgehead atoms. The van der Waals surface area contributed by atoms with Crippen LogP contribution in [0.2, 0.25) is 5.02 Å². The average Bonchev–Trinajstić information content (AvgIpc) is 2.90. The first-order valence-corrected chi connectivity index (χ1v) is 7.10. The fourth-order valence-corrected chi connectivity index (χ4v) is 2.64. The largest absolute Gasteiger partial charge is 0.398 e. The lowest BCUT2D eigenvalue weighted by Gasteiger charge is -2.04. The number of H-pyrrole nitrogens is 1. The second-order valence-electron chi connectivity index (χ2n) is 5.25. The molecular weight excluding hydrogens is 282 g/mol. The van der Waals surface area contributed by atoms with E-state index in [9.17, 15) is 0 Å². The summed E-state index contributed by atoms with van der Waals surface area (Å²) in [5.74, 6) is 0.726. The number of benzene rings is 2. The highest BCUT2D eigenvalue weighted by Crippen LogP contribution is 2.29. The monoisotopic (exact) mass is 297 g/mol. The molecule has 0 saturated carbocycles. The van der Waals surface area contributed by atoms with E-state index >= 15 is 0 Å². The minimum absolute atomic E-state index is 0.642. The summed E-state index contributed by atoms with van der Waals surface area (Å²) in [5.41, 5.74) is 12.0. The summed E-state index contributed by atoms with van der Waals surface area (Å²) in [6.07, 6.45) is 1.82. The standard InChI is InChI=1S/C17H16ClN3/c1-10-5-11(2)7-12(6-10)16-9-20-17(21-16)14-8-13(18)3-4-15(14)19/h3-9H,19H2,1-2H3,(H,20,21). The molecule has 1 aromatic heterocycles. The SMILES string of the molecule is Cc1cc(C)cc(-c2cnc(-c3cc(Cl)ccc3N)[nH]2)c1. The molecule has 0 aliphatic carbocycles. The van der Waals surface area contributed by atoms with Crippen molar-refractivity contribution >= 4 is 17.3 Å². The molecule has 0 saturated heterocycles. The van der Waals surface area contributed by atoms with E-state index in [1.807, 2.05) is 12.3 Å². The molecule has 0 amide bonds. The average molecular weight is 298 g/mol. The molecule has 0 aliphatic rings. The highest BCUT2D eigenvalue weighted by Gasteiger charge is 2.09. The third-order valence-corrected chi connectivity index (χ3v) is 3.61. The fraction of sp³-hybridized carbons (Fsp3) is 0.118. The molecule has 0 spiro atoms. The Labute approximate surface area is 128 Å². The van der Waals surface area contributed by atoms with E-state index in [1.165, 1.54) is 11.1 Å². The molecule has 3 nitrogen and oxygen atoms in total. The van der Waals surface area contributed by atoms with Gasteiger partial charge >= 0.3 is 0 Å². The number of aromatic nitrogens is 2. The van der Waals surface area contributed by atoms with Crippen molar-refractivity contribution < 1.29 is 0 Å². The topological polar surface area (TPSA) is 54.7 Å². The summed E-state index contributed by atoms with van der Waals surface area (Å²) < 4.78 is 0. The van der Waals surface area contributed by atoms with Crippen LogP contribution in [0, 0.1) is 13.8 Å². The highest BCUT2D eigenvalue weighted by molar-refractivity contribution is 6.31. The van der Waals surface area contributed by atoms with Gasteiger partial charge in [0.05, 0.1) is 11.9 Å². The number of imidazole rings is 1. The number of nitrogens with zero attached hydrogens (tertiary/aromatic N) is 1. The molecule has 0 atom stereocenters. The van der Waals surface area contributed by atoms with Gasteiger partial charge in [0.1, 0.15) is 5.82 Å². The number of hydrogen-bond acceptors (Lipinski definition) is 2. The van der Waals surface area contributed by atoms with E-state index < -0.39 is 0 Å². The Hall–Kier alpha value is -2.26. The van der Waals surface area contributed by atoms with Crippen molar-refractivity contribution in [2.45, 2.75) is 13.8 Å². The van der Waals surface area contributed by atoms with Crippen molar-refractivity contribution in [2.75, 3.05) is 5.73 Å². The van der Waals surface area contributed by atoms with E-state index in [2.05, 4.69) is 42.0 Å². The van der Waals surface area contributed by atoms with Crippen LogP contribution in [-0.2, 0) is 0 Å². The number of rotatable bonds is 2. The maximum Gasteiger partial charge on any atom is 0.139 e. The second kappa shape index (κ2) is 5.26. The molecule has 0 radical (unpaired) electrons. The molecule has 3 aromatic rings. The van der Waals surface area contributed by atoms with Gasteiger partial charge in [0.25, 0.3) is 0 Å². The Balaban J connectivity index is 2.05. The summed E-state index contributed by atoms with van der Waals surface area (Å²) in [7, 11) is 0. The smallest absolute Gasteiger partial charge is 0.139 e. The van der Waals surface area contributed by atoms with Crippen LogP contribution in [0.3, 0.4) is 0 Å². The Morgan fingerprint density at radius 2 is 1.76 bits per heavy atom. The lowest BCUT2D eigenvalue weighted by molar-refractivity contribution is 1.31. The van der Waals surface area contributed by atoms with Crippen molar-refractivity contribution in [1.82, 2.24) is 9.97 Å².